The quantitative estimate of drug-likeness (QED) is 0.181. The zero-order chi connectivity index (χ0) is 33.3. The molecule has 1 fully saturated rings. The second kappa shape index (κ2) is 11.3. The summed E-state index contributed by atoms with van der Waals surface area (Å²) in [5.74, 6) is 0.119. The highest BCUT2D eigenvalue weighted by Crippen LogP contribution is 2.61. The van der Waals surface area contributed by atoms with Gasteiger partial charge < -0.3 is 9.31 Å². The topological polar surface area (TPSA) is 18.5 Å². The molecule has 0 bridgehead atoms. The first-order valence-electron chi connectivity index (χ1n) is 17.3. The normalized spacial score (nSPS) is 19.9. The third-order valence-electron chi connectivity index (χ3n) is 11.3. The molecule has 0 aromatic heterocycles. The molecule has 0 spiro atoms. The smallest absolute Gasteiger partial charge is 0.400 e. The highest BCUT2D eigenvalue weighted by atomic mass is 16.7. The van der Waals surface area contributed by atoms with Crippen LogP contribution in [-0.2, 0) is 14.7 Å². The third kappa shape index (κ3) is 4.78. The van der Waals surface area contributed by atoms with Crippen molar-refractivity contribution in [2.24, 2.45) is 0 Å². The van der Waals surface area contributed by atoms with Crippen LogP contribution in [0, 0.1) is 0 Å². The maximum atomic E-state index is 6.63. The first-order chi connectivity index (χ1) is 23.1. The average Bonchev–Trinajstić information content (AvgIpc) is 3.48. The van der Waals surface area contributed by atoms with Crippen molar-refractivity contribution in [2.75, 3.05) is 0 Å². The Balaban J connectivity index is 1.47. The summed E-state index contributed by atoms with van der Waals surface area (Å²) in [7, 11) is -0.377. The molecule has 48 heavy (non-hydrogen) atoms. The van der Waals surface area contributed by atoms with Gasteiger partial charge in [-0.05, 0) is 101 Å². The molecule has 2 nitrogen and oxygen atoms in total. The van der Waals surface area contributed by atoms with Crippen molar-refractivity contribution in [3.63, 3.8) is 0 Å². The fourth-order valence-corrected chi connectivity index (χ4v) is 8.20. The van der Waals surface area contributed by atoms with E-state index in [4.69, 9.17) is 9.31 Å². The average molecular weight is 627 g/mol. The van der Waals surface area contributed by atoms with Crippen molar-refractivity contribution < 1.29 is 9.31 Å². The van der Waals surface area contributed by atoms with Crippen LogP contribution in [0.15, 0.2) is 139 Å². The molecule has 1 heterocycles. The van der Waals surface area contributed by atoms with Gasteiger partial charge in [0.25, 0.3) is 0 Å². The number of fused-ring (bicyclic) bond motifs is 3. The van der Waals surface area contributed by atoms with E-state index in [1.165, 1.54) is 66.7 Å². The van der Waals surface area contributed by atoms with Crippen LogP contribution >= 0.6 is 0 Å². The summed E-state index contributed by atoms with van der Waals surface area (Å²) in [6.07, 6.45) is 7.69. The van der Waals surface area contributed by atoms with E-state index in [1.54, 1.807) is 0 Å². The van der Waals surface area contributed by atoms with Gasteiger partial charge in [-0.3, -0.25) is 0 Å². The molecular formula is C45H43BO2. The van der Waals surface area contributed by atoms with Crippen LogP contribution < -0.4 is 0 Å². The molecule has 3 aliphatic rings. The Morgan fingerprint density at radius 2 is 1.04 bits per heavy atom. The van der Waals surface area contributed by atoms with E-state index in [2.05, 4.69) is 175 Å². The molecule has 0 amide bonds. The van der Waals surface area contributed by atoms with Gasteiger partial charge in [0.05, 0.1) is 11.2 Å². The van der Waals surface area contributed by atoms with E-state index in [0.717, 1.165) is 6.42 Å². The molecule has 1 atom stereocenters. The van der Waals surface area contributed by atoms with Gasteiger partial charge in [0.1, 0.15) is 0 Å². The summed E-state index contributed by atoms with van der Waals surface area (Å²) >= 11 is 0. The van der Waals surface area contributed by atoms with Crippen LogP contribution in [0.3, 0.4) is 0 Å². The van der Waals surface area contributed by atoms with Gasteiger partial charge in [0.2, 0.25) is 0 Å². The molecule has 0 saturated carbocycles. The number of benzene rings is 5. The fourth-order valence-electron chi connectivity index (χ4n) is 8.20. The number of allylic oxidation sites excluding steroid dienone is 4. The van der Waals surface area contributed by atoms with Crippen LogP contribution in [0.2, 0.25) is 0 Å². The molecule has 0 radical (unpaired) electrons. The number of hydrogen-bond donors (Lipinski definition) is 0. The van der Waals surface area contributed by atoms with Gasteiger partial charge in [0.15, 0.2) is 0 Å². The maximum Gasteiger partial charge on any atom is 0.490 e. The van der Waals surface area contributed by atoms with Crippen LogP contribution in [0.5, 0.6) is 0 Å². The van der Waals surface area contributed by atoms with Gasteiger partial charge in [0, 0.05) is 11.3 Å². The summed E-state index contributed by atoms with van der Waals surface area (Å²) in [5.41, 5.74) is 14.7. The third-order valence-corrected chi connectivity index (χ3v) is 11.3. The van der Waals surface area contributed by atoms with Crippen molar-refractivity contribution >= 4 is 7.12 Å². The van der Waals surface area contributed by atoms with Crippen molar-refractivity contribution in [2.45, 2.75) is 70.5 Å². The van der Waals surface area contributed by atoms with E-state index in [0.29, 0.717) is 0 Å². The van der Waals surface area contributed by atoms with E-state index >= 15 is 0 Å². The predicted molar refractivity (Wildman–Crippen MR) is 201 cm³/mol. The van der Waals surface area contributed by atoms with Crippen LogP contribution in [0.4, 0.5) is 0 Å². The van der Waals surface area contributed by atoms with Crippen LogP contribution in [0.1, 0.15) is 70.6 Å². The minimum absolute atomic E-state index is 0.119. The second-order valence-corrected chi connectivity index (χ2v) is 15.1. The van der Waals surface area contributed by atoms with Crippen LogP contribution in [0.25, 0.3) is 44.5 Å². The van der Waals surface area contributed by atoms with E-state index in [9.17, 15) is 0 Å². The molecule has 238 valence electrons. The Bertz CT molecular complexity index is 2050. The summed E-state index contributed by atoms with van der Waals surface area (Å²) in [5, 5.41) is 0. The lowest BCUT2D eigenvalue weighted by Gasteiger charge is -2.34. The highest BCUT2D eigenvalue weighted by molar-refractivity contribution is 6.54. The van der Waals surface area contributed by atoms with E-state index in [-0.39, 0.29) is 18.5 Å². The first kappa shape index (κ1) is 30.9. The largest absolute Gasteiger partial charge is 0.490 e. The summed E-state index contributed by atoms with van der Waals surface area (Å²) in [4.78, 5) is 0. The molecular weight excluding hydrogens is 583 g/mol. The molecule has 2 aliphatic carbocycles. The Hall–Kier alpha value is -4.44. The molecule has 5 aromatic rings. The minimum atomic E-state index is -0.396. The van der Waals surface area contributed by atoms with Gasteiger partial charge in [-0.25, -0.2) is 0 Å². The van der Waals surface area contributed by atoms with Gasteiger partial charge in [-0.2, -0.15) is 0 Å². The molecule has 8 rings (SSSR count). The minimum Gasteiger partial charge on any atom is -0.400 e. The molecule has 0 N–H and O–H groups in total. The Labute approximate surface area is 286 Å². The molecule has 5 aromatic carbocycles. The fraction of sp³-hybridized carbons (Fsp3) is 0.244. The first-order valence-corrected chi connectivity index (χ1v) is 17.3. The molecule has 3 heteroatoms. The Morgan fingerprint density at radius 3 is 1.60 bits per heavy atom. The van der Waals surface area contributed by atoms with Gasteiger partial charge in [-0.15, -0.1) is 0 Å². The van der Waals surface area contributed by atoms with Gasteiger partial charge >= 0.3 is 7.12 Å². The van der Waals surface area contributed by atoms with Crippen molar-refractivity contribution in [1.29, 1.82) is 0 Å². The summed E-state index contributed by atoms with van der Waals surface area (Å²) in [6.45, 7) is 13.4. The lowest BCUT2D eigenvalue weighted by molar-refractivity contribution is 0.00578. The summed E-state index contributed by atoms with van der Waals surface area (Å²) in [6, 6.07) is 42.2. The van der Waals surface area contributed by atoms with E-state index in [1.807, 2.05) is 0 Å². The Morgan fingerprint density at radius 1 is 0.562 bits per heavy atom. The summed E-state index contributed by atoms with van der Waals surface area (Å²) < 4.78 is 13.3. The Kier molecular flexibility index (Phi) is 7.29. The molecule has 1 aliphatic heterocycles. The maximum absolute atomic E-state index is 6.63. The monoisotopic (exact) mass is 626 g/mol. The lowest BCUT2D eigenvalue weighted by Crippen LogP contribution is -2.41. The highest BCUT2D eigenvalue weighted by Gasteiger charge is 2.53. The van der Waals surface area contributed by atoms with Crippen molar-refractivity contribution in [3.05, 3.63) is 156 Å². The second-order valence-electron chi connectivity index (χ2n) is 15.1. The van der Waals surface area contributed by atoms with E-state index < -0.39 is 11.2 Å². The number of rotatable bonds is 5. The standard InChI is InChI=1S/C45H43BO2/c1-43(2)36-28-17-16-27-35(36)41-39(32-23-14-9-15-24-32)37(30-19-10-7-11-20-30)38(31-21-12-8-13-22-31)40(42(41)43)33-25-18-26-34(29-33)46-47-44(3,4)45(5,6)48-46/h7-28,33H,29H2,1-6H3. The SMILES string of the molecule is CC1(C)c2ccccc2-c2c(-c3ccccc3)c(-c3ccccc3)c(-c3ccccc3)c(C3C=CC=C(B4OC(C)(C)C(C)(C)O4)C3)c21. The van der Waals surface area contributed by atoms with Crippen molar-refractivity contribution in [1.82, 2.24) is 0 Å². The van der Waals surface area contributed by atoms with Crippen molar-refractivity contribution in [3.8, 4) is 44.5 Å². The zero-order valence-electron chi connectivity index (χ0n) is 28.9. The lowest BCUT2D eigenvalue weighted by atomic mass is 9.66. The van der Waals surface area contributed by atoms with Crippen LogP contribution in [-0.4, -0.2) is 18.3 Å². The number of hydrogen-bond acceptors (Lipinski definition) is 2. The zero-order valence-corrected chi connectivity index (χ0v) is 28.9. The predicted octanol–water partition coefficient (Wildman–Crippen LogP) is 11.6. The molecule has 1 unspecified atom stereocenters. The molecule has 1 saturated heterocycles. The van der Waals surface area contributed by atoms with Gasteiger partial charge in [-0.1, -0.05) is 147 Å².